The van der Waals surface area contributed by atoms with Gasteiger partial charge in [-0.15, -0.1) is 0 Å². The molecule has 1 amide bonds. The smallest absolute Gasteiger partial charge is 0.410 e. The summed E-state index contributed by atoms with van der Waals surface area (Å²) in [7, 11) is 0. The van der Waals surface area contributed by atoms with Crippen molar-refractivity contribution in [1.82, 2.24) is 4.90 Å². The van der Waals surface area contributed by atoms with E-state index < -0.39 is 17.8 Å². The number of aliphatic hydroxyl groups excluding tert-OH is 1. The number of likely N-dealkylation sites (tertiary alicyclic amines) is 1. The van der Waals surface area contributed by atoms with Gasteiger partial charge in [0.1, 0.15) is 5.60 Å². The fourth-order valence-electron chi connectivity index (χ4n) is 1.39. The molecule has 15 heavy (non-hydrogen) atoms. The van der Waals surface area contributed by atoms with Crippen molar-refractivity contribution < 1.29 is 19.4 Å². The van der Waals surface area contributed by atoms with E-state index in [1.54, 1.807) is 20.8 Å². The minimum absolute atomic E-state index is 0.0337. The van der Waals surface area contributed by atoms with Crippen LogP contribution in [0.15, 0.2) is 0 Å². The van der Waals surface area contributed by atoms with Gasteiger partial charge in [0.2, 0.25) is 0 Å². The third-order valence-electron chi connectivity index (χ3n) is 1.91. The molecule has 0 aliphatic carbocycles. The lowest BCUT2D eigenvalue weighted by atomic mass is 10.1. The van der Waals surface area contributed by atoms with Gasteiger partial charge in [-0.05, 0) is 20.8 Å². The fourth-order valence-corrected chi connectivity index (χ4v) is 1.39. The van der Waals surface area contributed by atoms with E-state index in [2.05, 4.69) is 0 Å². The van der Waals surface area contributed by atoms with Gasteiger partial charge >= 0.3 is 6.09 Å². The monoisotopic (exact) mass is 215 g/mol. The Morgan fingerprint density at radius 2 is 2.13 bits per heavy atom. The van der Waals surface area contributed by atoms with E-state index in [1.165, 1.54) is 4.90 Å². The molecule has 1 atom stereocenters. The van der Waals surface area contributed by atoms with Gasteiger partial charge in [0.15, 0.2) is 5.78 Å². The molecule has 1 heterocycles. The van der Waals surface area contributed by atoms with E-state index in [-0.39, 0.29) is 25.3 Å². The highest BCUT2D eigenvalue weighted by atomic mass is 16.6. The van der Waals surface area contributed by atoms with Gasteiger partial charge in [-0.1, -0.05) is 0 Å². The highest BCUT2D eigenvalue weighted by Gasteiger charge is 2.30. The Balaban J connectivity index is 2.56. The Morgan fingerprint density at radius 1 is 1.53 bits per heavy atom. The second kappa shape index (κ2) is 4.18. The van der Waals surface area contributed by atoms with Crippen LogP contribution in [0.4, 0.5) is 4.79 Å². The molecular weight excluding hydrogens is 198 g/mol. The van der Waals surface area contributed by atoms with Gasteiger partial charge < -0.3 is 9.84 Å². The molecule has 0 aromatic carbocycles. The number of nitrogens with zero attached hydrogens (tertiary/aromatic N) is 1. The summed E-state index contributed by atoms with van der Waals surface area (Å²) in [6.45, 7) is 5.47. The van der Waals surface area contributed by atoms with Crippen LogP contribution in [0.3, 0.4) is 0 Å². The maximum Gasteiger partial charge on any atom is 0.410 e. The van der Waals surface area contributed by atoms with E-state index in [4.69, 9.17) is 4.74 Å². The van der Waals surface area contributed by atoms with Gasteiger partial charge in [-0.2, -0.15) is 0 Å². The summed E-state index contributed by atoms with van der Waals surface area (Å²) in [5, 5.41) is 9.33. The quantitative estimate of drug-likeness (QED) is 0.641. The topological polar surface area (TPSA) is 66.8 Å². The average molecular weight is 215 g/mol. The van der Waals surface area contributed by atoms with Crippen molar-refractivity contribution in [2.45, 2.75) is 38.9 Å². The van der Waals surface area contributed by atoms with Crippen molar-refractivity contribution >= 4 is 11.9 Å². The summed E-state index contributed by atoms with van der Waals surface area (Å²) in [4.78, 5) is 23.9. The van der Waals surface area contributed by atoms with Crippen LogP contribution < -0.4 is 0 Å². The molecule has 1 fully saturated rings. The Labute approximate surface area is 89.0 Å². The molecule has 0 aromatic heterocycles. The van der Waals surface area contributed by atoms with Crippen LogP contribution in [-0.2, 0) is 9.53 Å². The number of ether oxygens (including phenoxy) is 1. The average Bonchev–Trinajstić information content (AvgIpc) is 1.98. The van der Waals surface area contributed by atoms with Crippen LogP contribution in [0, 0.1) is 0 Å². The van der Waals surface area contributed by atoms with E-state index >= 15 is 0 Å². The summed E-state index contributed by atoms with van der Waals surface area (Å²) < 4.78 is 5.10. The predicted octanol–water partition coefficient (Wildman–Crippen LogP) is 0.557. The van der Waals surface area contributed by atoms with Crippen molar-refractivity contribution in [3.8, 4) is 0 Å². The molecule has 1 aliphatic heterocycles. The zero-order valence-corrected chi connectivity index (χ0v) is 9.32. The number of ketones is 1. The minimum atomic E-state index is -0.765. The molecule has 1 N–H and O–H groups in total. The molecule has 0 bridgehead atoms. The largest absolute Gasteiger partial charge is 0.444 e. The van der Waals surface area contributed by atoms with Crippen molar-refractivity contribution in [3.05, 3.63) is 0 Å². The lowest BCUT2D eigenvalue weighted by molar-refractivity contribution is -0.125. The minimum Gasteiger partial charge on any atom is -0.444 e. The molecule has 0 spiro atoms. The first kappa shape index (κ1) is 12.0. The molecule has 0 radical (unpaired) electrons. The molecule has 1 aliphatic rings. The summed E-state index contributed by atoms with van der Waals surface area (Å²) in [5.41, 5.74) is -0.581. The number of carbonyl (C=O) groups is 2. The Bertz CT molecular complexity index is 269. The molecular formula is C10H17NO4. The Hall–Kier alpha value is -1.10. The third kappa shape index (κ3) is 3.87. The fraction of sp³-hybridized carbons (Fsp3) is 0.800. The van der Waals surface area contributed by atoms with Gasteiger partial charge in [0.25, 0.3) is 0 Å². The van der Waals surface area contributed by atoms with Gasteiger partial charge in [-0.25, -0.2) is 4.79 Å². The first-order valence-corrected chi connectivity index (χ1v) is 4.95. The van der Waals surface area contributed by atoms with Crippen LogP contribution in [0.5, 0.6) is 0 Å². The lowest BCUT2D eigenvalue weighted by Crippen LogP contribution is -2.48. The summed E-state index contributed by atoms with van der Waals surface area (Å²) >= 11 is 0. The van der Waals surface area contributed by atoms with E-state index in [9.17, 15) is 14.7 Å². The van der Waals surface area contributed by atoms with E-state index in [0.29, 0.717) is 0 Å². The van der Waals surface area contributed by atoms with Crippen LogP contribution in [0.1, 0.15) is 27.2 Å². The number of Topliss-reactive ketones (excluding diaryl/α,β-unsaturated/α-hetero) is 1. The van der Waals surface area contributed by atoms with Crippen LogP contribution in [0.2, 0.25) is 0 Å². The SMILES string of the molecule is CC(C)(C)OC(=O)N1CC(=O)C[C@H](O)C1. The maximum atomic E-state index is 11.5. The number of carbonyl (C=O) groups excluding carboxylic acids is 2. The van der Waals surface area contributed by atoms with E-state index in [1.807, 2.05) is 0 Å². The number of hydrogen-bond acceptors (Lipinski definition) is 4. The number of β-amino-alcohol motifs (C(OH)–C–C–N with tert-alkyl or cyclic N) is 1. The first-order valence-electron chi connectivity index (χ1n) is 4.95. The molecule has 86 valence electrons. The first-order chi connectivity index (χ1) is 6.78. The van der Waals surface area contributed by atoms with Crippen LogP contribution in [0.25, 0.3) is 0 Å². The zero-order valence-electron chi connectivity index (χ0n) is 9.32. The molecule has 0 saturated carbocycles. The Morgan fingerprint density at radius 3 is 2.60 bits per heavy atom. The number of amides is 1. The van der Waals surface area contributed by atoms with Crippen molar-refractivity contribution in [2.75, 3.05) is 13.1 Å². The molecule has 5 heteroatoms. The van der Waals surface area contributed by atoms with Crippen molar-refractivity contribution in [2.24, 2.45) is 0 Å². The lowest BCUT2D eigenvalue weighted by Gasteiger charge is -2.31. The predicted molar refractivity (Wildman–Crippen MR) is 53.4 cm³/mol. The van der Waals surface area contributed by atoms with E-state index in [0.717, 1.165) is 0 Å². The van der Waals surface area contributed by atoms with Crippen LogP contribution in [-0.4, -0.2) is 46.7 Å². The summed E-state index contributed by atoms with van der Waals surface area (Å²) in [6.07, 6.45) is -1.19. The highest BCUT2D eigenvalue weighted by molar-refractivity contribution is 5.85. The van der Waals surface area contributed by atoms with Gasteiger partial charge in [0.05, 0.1) is 19.2 Å². The third-order valence-corrected chi connectivity index (χ3v) is 1.91. The number of aliphatic hydroxyl groups is 1. The standard InChI is InChI=1S/C10H17NO4/c1-10(2,3)15-9(14)11-5-7(12)4-8(13)6-11/h7,12H,4-6H2,1-3H3/t7-/m0/s1. The summed E-state index contributed by atoms with van der Waals surface area (Å²) in [5.74, 6) is -0.139. The molecule has 1 saturated heterocycles. The Kier molecular flexibility index (Phi) is 3.34. The summed E-state index contributed by atoms with van der Waals surface area (Å²) in [6, 6.07) is 0. The van der Waals surface area contributed by atoms with Gasteiger partial charge in [0, 0.05) is 6.42 Å². The molecule has 5 nitrogen and oxygen atoms in total. The van der Waals surface area contributed by atoms with Crippen molar-refractivity contribution in [1.29, 1.82) is 0 Å². The normalized spacial score (nSPS) is 22.8. The molecule has 0 aromatic rings. The van der Waals surface area contributed by atoms with Crippen LogP contribution >= 0.6 is 0 Å². The maximum absolute atomic E-state index is 11.5. The highest BCUT2D eigenvalue weighted by Crippen LogP contribution is 2.13. The number of rotatable bonds is 0. The second-order valence-corrected chi connectivity index (χ2v) is 4.76. The molecule has 1 rings (SSSR count). The number of piperidine rings is 1. The second-order valence-electron chi connectivity index (χ2n) is 4.76. The van der Waals surface area contributed by atoms with Crippen molar-refractivity contribution in [3.63, 3.8) is 0 Å². The number of hydrogen-bond donors (Lipinski definition) is 1. The zero-order chi connectivity index (χ0) is 11.6. The molecule has 0 unspecified atom stereocenters. The van der Waals surface area contributed by atoms with Gasteiger partial charge in [-0.3, -0.25) is 9.69 Å².